The van der Waals surface area contributed by atoms with Gasteiger partial charge in [0.05, 0.1) is 7.11 Å². The average molecular weight is 314 g/mol. The van der Waals surface area contributed by atoms with Crippen LogP contribution in [0.4, 0.5) is 4.39 Å². The van der Waals surface area contributed by atoms with Crippen LogP contribution in [0.15, 0.2) is 30.5 Å². The summed E-state index contributed by atoms with van der Waals surface area (Å²) in [6.45, 7) is 0. The van der Waals surface area contributed by atoms with Gasteiger partial charge in [-0.25, -0.2) is 12.8 Å². The fraction of sp³-hybridized carbons (Fsp3) is 0.308. The number of carbonyl (C=O) groups is 1. The summed E-state index contributed by atoms with van der Waals surface area (Å²) >= 11 is 0. The molecule has 0 spiro atoms. The lowest BCUT2D eigenvalue weighted by atomic mass is 10.1. The van der Waals surface area contributed by atoms with E-state index in [1.165, 1.54) is 0 Å². The van der Waals surface area contributed by atoms with Crippen molar-refractivity contribution < 1.29 is 22.3 Å². The number of hydrogen-bond acceptors (Lipinski definition) is 4. The zero-order valence-corrected chi connectivity index (χ0v) is 12.1. The van der Waals surface area contributed by atoms with Gasteiger partial charge in [0.15, 0.2) is 0 Å². The third kappa shape index (κ3) is 3.59. The number of ether oxygens (including phenoxy) is 1. The predicted octanol–water partition coefficient (Wildman–Crippen LogP) is 1.10. The van der Waals surface area contributed by atoms with Gasteiger partial charge in [-0.2, -0.15) is 4.72 Å². The number of aromatic amines is 1. The number of sulfonamides is 1. The van der Waals surface area contributed by atoms with Crippen molar-refractivity contribution in [3.05, 3.63) is 36.0 Å². The van der Waals surface area contributed by atoms with E-state index >= 15 is 0 Å². The molecule has 2 rings (SSSR count). The number of alkyl halides is 1. The van der Waals surface area contributed by atoms with Gasteiger partial charge in [0.1, 0.15) is 6.04 Å². The maximum atomic E-state index is 12.4. The first kappa shape index (κ1) is 15.5. The van der Waals surface area contributed by atoms with Crippen molar-refractivity contribution in [2.75, 3.05) is 13.1 Å². The smallest absolute Gasteiger partial charge is 0.324 e. The number of hydrogen-bond donors (Lipinski definition) is 2. The number of halogens is 1. The van der Waals surface area contributed by atoms with E-state index in [4.69, 9.17) is 0 Å². The van der Waals surface area contributed by atoms with Crippen molar-refractivity contribution in [2.45, 2.75) is 12.5 Å². The minimum absolute atomic E-state index is 0.0654. The van der Waals surface area contributed by atoms with E-state index in [1.807, 2.05) is 29.0 Å². The van der Waals surface area contributed by atoms with Crippen molar-refractivity contribution in [3.63, 3.8) is 0 Å². The summed E-state index contributed by atoms with van der Waals surface area (Å²) < 4.78 is 41.6. The molecule has 0 amide bonds. The lowest BCUT2D eigenvalue weighted by Gasteiger charge is -2.15. The van der Waals surface area contributed by atoms with E-state index in [1.54, 1.807) is 6.20 Å². The average Bonchev–Trinajstić information content (AvgIpc) is 2.89. The first-order valence-electron chi connectivity index (χ1n) is 6.15. The van der Waals surface area contributed by atoms with Gasteiger partial charge in [0, 0.05) is 23.5 Å². The molecule has 0 aliphatic rings. The van der Waals surface area contributed by atoms with Gasteiger partial charge in [-0.15, -0.1) is 0 Å². The Hall–Kier alpha value is -1.93. The summed E-state index contributed by atoms with van der Waals surface area (Å²) in [5.41, 5.74) is 1.60. The molecule has 2 aromatic rings. The number of rotatable bonds is 6. The number of H-pyrrole nitrogens is 1. The van der Waals surface area contributed by atoms with Gasteiger partial charge in [-0.05, 0) is 11.6 Å². The Balaban J connectivity index is 2.28. The summed E-state index contributed by atoms with van der Waals surface area (Å²) in [5, 5.41) is 0.867. The van der Waals surface area contributed by atoms with E-state index < -0.39 is 28.0 Å². The molecule has 114 valence electrons. The van der Waals surface area contributed by atoms with E-state index in [9.17, 15) is 17.6 Å². The molecule has 0 fully saturated rings. The molecule has 0 saturated carbocycles. The number of nitrogens with one attached hydrogen (secondary N) is 2. The second-order valence-corrected chi connectivity index (χ2v) is 6.16. The van der Waals surface area contributed by atoms with Crippen LogP contribution in [0.25, 0.3) is 10.9 Å². The Morgan fingerprint density at radius 3 is 2.81 bits per heavy atom. The molecule has 0 aliphatic carbocycles. The summed E-state index contributed by atoms with van der Waals surface area (Å²) in [6, 6.07) is 4.63. The standard InChI is InChI=1S/C13H15FN2O4S/c1-20-13(17)12(16-21(18,19)8-14)6-9-7-15-11-5-3-2-4-10(9)11/h2-5,7,12,15-16H,6,8H2,1H3. The fourth-order valence-electron chi connectivity index (χ4n) is 2.08. The first-order chi connectivity index (χ1) is 9.96. The Morgan fingerprint density at radius 1 is 1.43 bits per heavy atom. The minimum Gasteiger partial charge on any atom is -0.468 e. The number of aromatic nitrogens is 1. The first-order valence-corrected chi connectivity index (χ1v) is 7.81. The van der Waals surface area contributed by atoms with Crippen molar-refractivity contribution in [1.82, 2.24) is 9.71 Å². The zero-order chi connectivity index (χ0) is 15.5. The maximum Gasteiger partial charge on any atom is 0.324 e. The van der Waals surface area contributed by atoms with Crippen molar-refractivity contribution in [2.24, 2.45) is 0 Å². The Kier molecular flexibility index (Phi) is 4.59. The van der Waals surface area contributed by atoms with Crippen LogP contribution in [-0.2, 0) is 26.0 Å². The molecular formula is C13H15FN2O4S. The number of methoxy groups -OCH3 is 1. The lowest BCUT2D eigenvalue weighted by Crippen LogP contribution is -2.43. The Labute approximate surface area is 121 Å². The SMILES string of the molecule is COC(=O)C(Cc1c[nH]c2ccccc12)NS(=O)(=O)CF. The highest BCUT2D eigenvalue weighted by atomic mass is 32.2. The largest absolute Gasteiger partial charge is 0.468 e. The molecule has 0 saturated heterocycles. The van der Waals surface area contributed by atoms with Crippen LogP contribution >= 0.6 is 0 Å². The molecule has 0 aliphatic heterocycles. The molecule has 0 radical (unpaired) electrons. The fourth-order valence-corrected chi connectivity index (χ4v) is 2.76. The predicted molar refractivity (Wildman–Crippen MR) is 75.8 cm³/mol. The lowest BCUT2D eigenvalue weighted by molar-refractivity contribution is -0.142. The number of carbonyl (C=O) groups excluding carboxylic acids is 1. The van der Waals surface area contributed by atoms with Gasteiger partial charge < -0.3 is 9.72 Å². The maximum absolute atomic E-state index is 12.4. The van der Waals surface area contributed by atoms with Gasteiger partial charge >= 0.3 is 5.97 Å². The summed E-state index contributed by atoms with van der Waals surface area (Å²) in [7, 11) is -3.01. The van der Waals surface area contributed by atoms with Crippen LogP contribution in [0.1, 0.15) is 5.56 Å². The topological polar surface area (TPSA) is 88.3 Å². The molecule has 2 N–H and O–H groups in total. The zero-order valence-electron chi connectivity index (χ0n) is 11.3. The second kappa shape index (κ2) is 6.23. The van der Waals surface area contributed by atoms with E-state index in [-0.39, 0.29) is 6.42 Å². The van der Waals surface area contributed by atoms with Crippen LogP contribution in [0, 0.1) is 0 Å². The molecule has 0 bridgehead atoms. The monoisotopic (exact) mass is 314 g/mol. The van der Waals surface area contributed by atoms with Crippen molar-refractivity contribution >= 4 is 26.9 Å². The highest BCUT2D eigenvalue weighted by Gasteiger charge is 2.26. The summed E-state index contributed by atoms with van der Waals surface area (Å²) in [5.74, 6) is -0.766. The number of benzene rings is 1. The van der Waals surface area contributed by atoms with Crippen LogP contribution in [0.2, 0.25) is 0 Å². The van der Waals surface area contributed by atoms with E-state index in [2.05, 4.69) is 9.72 Å². The Bertz CT molecular complexity index is 741. The molecular weight excluding hydrogens is 299 g/mol. The molecule has 1 heterocycles. The highest BCUT2D eigenvalue weighted by molar-refractivity contribution is 7.89. The third-order valence-corrected chi connectivity index (χ3v) is 3.98. The van der Waals surface area contributed by atoms with Gasteiger partial charge in [-0.3, -0.25) is 4.79 Å². The normalized spacial score (nSPS) is 13.2. The van der Waals surface area contributed by atoms with Crippen LogP contribution in [0.5, 0.6) is 0 Å². The van der Waals surface area contributed by atoms with Crippen molar-refractivity contribution in [1.29, 1.82) is 0 Å². The molecule has 1 aromatic heterocycles. The minimum atomic E-state index is -4.16. The third-order valence-electron chi connectivity index (χ3n) is 3.05. The Morgan fingerprint density at radius 2 is 2.14 bits per heavy atom. The van der Waals surface area contributed by atoms with Crippen LogP contribution < -0.4 is 4.72 Å². The quantitative estimate of drug-likeness (QED) is 0.782. The number of para-hydroxylation sites is 1. The highest BCUT2D eigenvalue weighted by Crippen LogP contribution is 2.19. The molecule has 1 unspecified atom stereocenters. The summed E-state index contributed by atoms with van der Waals surface area (Å²) in [6.07, 6.45) is 1.75. The van der Waals surface area contributed by atoms with Crippen LogP contribution in [0.3, 0.4) is 0 Å². The van der Waals surface area contributed by atoms with Gasteiger partial charge in [-0.1, -0.05) is 18.2 Å². The molecule has 8 heteroatoms. The van der Waals surface area contributed by atoms with Crippen molar-refractivity contribution in [3.8, 4) is 0 Å². The number of esters is 1. The van der Waals surface area contributed by atoms with Gasteiger partial charge in [0.2, 0.25) is 16.0 Å². The molecule has 21 heavy (non-hydrogen) atoms. The van der Waals surface area contributed by atoms with Crippen LogP contribution in [-0.4, -0.2) is 38.5 Å². The van der Waals surface area contributed by atoms with E-state index in [0.717, 1.165) is 23.6 Å². The number of fused-ring (bicyclic) bond motifs is 1. The molecule has 1 aromatic carbocycles. The van der Waals surface area contributed by atoms with E-state index in [0.29, 0.717) is 0 Å². The summed E-state index contributed by atoms with van der Waals surface area (Å²) in [4.78, 5) is 14.7. The molecule has 6 nitrogen and oxygen atoms in total. The van der Waals surface area contributed by atoms with Gasteiger partial charge in [0.25, 0.3) is 0 Å². The second-order valence-electron chi connectivity index (χ2n) is 4.48. The molecule has 1 atom stereocenters.